The molecule has 3 nitrogen and oxygen atoms in total. The van der Waals surface area contributed by atoms with Crippen LogP contribution in [0.5, 0.6) is 0 Å². The molecule has 3 heteroatoms. The average Bonchev–Trinajstić information content (AvgIpc) is 2.38. The normalized spacial score (nSPS) is 12.2. The smallest absolute Gasteiger partial charge is 0.335 e. The number of nitrogens with zero attached hydrogens (tertiary/aromatic N) is 1. The van der Waals surface area contributed by atoms with Crippen molar-refractivity contribution in [2.75, 3.05) is 11.4 Å². The number of unbranched alkanes of at least 4 members (excludes halogenated alkanes) is 1. The molecular formula is C16H25NO2. The molecule has 1 unspecified atom stereocenters. The molecule has 0 saturated heterocycles. The summed E-state index contributed by atoms with van der Waals surface area (Å²) in [7, 11) is 0. The first-order valence-electron chi connectivity index (χ1n) is 7.11. The van der Waals surface area contributed by atoms with Crippen molar-refractivity contribution >= 4 is 11.7 Å². The molecule has 1 aromatic rings. The minimum atomic E-state index is -0.854. The molecule has 0 heterocycles. The fraction of sp³-hybridized carbons (Fsp3) is 0.562. The van der Waals surface area contributed by atoms with Gasteiger partial charge >= 0.3 is 5.97 Å². The zero-order valence-corrected chi connectivity index (χ0v) is 12.4. The predicted molar refractivity (Wildman–Crippen MR) is 80.1 cm³/mol. The van der Waals surface area contributed by atoms with Crippen LogP contribution in [0.25, 0.3) is 0 Å². The number of hydrogen-bond donors (Lipinski definition) is 1. The average molecular weight is 263 g/mol. The van der Waals surface area contributed by atoms with E-state index in [1.165, 1.54) is 6.42 Å². The molecule has 0 spiro atoms. The first kappa shape index (κ1) is 15.5. The molecule has 0 aliphatic rings. The van der Waals surface area contributed by atoms with Crippen molar-refractivity contribution < 1.29 is 9.90 Å². The molecule has 0 fully saturated rings. The van der Waals surface area contributed by atoms with Crippen molar-refractivity contribution in [1.82, 2.24) is 0 Å². The van der Waals surface area contributed by atoms with E-state index in [4.69, 9.17) is 5.11 Å². The molecule has 106 valence electrons. The molecule has 0 radical (unpaired) electrons. The third-order valence-corrected chi connectivity index (χ3v) is 3.65. The van der Waals surface area contributed by atoms with Crippen molar-refractivity contribution in [2.45, 2.75) is 53.0 Å². The van der Waals surface area contributed by atoms with Gasteiger partial charge in [0.2, 0.25) is 0 Å². The monoisotopic (exact) mass is 263 g/mol. The highest BCUT2D eigenvalue weighted by molar-refractivity contribution is 5.89. The van der Waals surface area contributed by atoms with Crippen LogP contribution in [-0.2, 0) is 0 Å². The first-order valence-corrected chi connectivity index (χ1v) is 7.11. The second-order valence-corrected chi connectivity index (χ2v) is 5.11. The van der Waals surface area contributed by atoms with E-state index in [0.29, 0.717) is 11.6 Å². The second kappa shape index (κ2) is 7.17. The summed E-state index contributed by atoms with van der Waals surface area (Å²) >= 11 is 0. The zero-order valence-electron chi connectivity index (χ0n) is 12.4. The molecule has 0 amide bonds. The van der Waals surface area contributed by atoms with Gasteiger partial charge in [0.05, 0.1) is 5.56 Å². The fourth-order valence-electron chi connectivity index (χ4n) is 2.22. The molecular weight excluding hydrogens is 238 g/mol. The van der Waals surface area contributed by atoms with Crippen LogP contribution in [-0.4, -0.2) is 23.7 Å². The molecule has 1 rings (SSSR count). The highest BCUT2D eigenvalue weighted by Gasteiger charge is 2.15. The standard InChI is InChI=1S/C16H25NO2/c1-5-7-10-17(13(4)6-2)14-8-9-15(16(18)19)12(3)11-14/h8-9,11,13H,5-7,10H2,1-4H3,(H,18,19). The lowest BCUT2D eigenvalue weighted by molar-refractivity contribution is 0.0696. The van der Waals surface area contributed by atoms with Crippen LogP contribution >= 0.6 is 0 Å². The molecule has 0 bridgehead atoms. The van der Waals surface area contributed by atoms with Gasteiger partial charge in [-0.3, -0.25) is 0 Å². The lowest BCUT2D eigenvalue weighted by Gasteiger charge is -2.31. The Hall–Kier alpha value is -1.51. The van der Waals surface area contributed by atoms with E-state index in [-0.39, 0.29) is 0 Å². The fourth-order valence-corrected chi connectivity index (χ4v) is 2.22. The van der Waals surface area contributed by atoms with E-state index < -0.39 is 5.97 Å². The molecule has 0 aliphatic carbocycles. The van der Waals surface area contributed by atoms with Gasteiger partial charge in [0.15, 0.2) is 0 Å². The Morgan fingerprint density at radius 2 is 2.05 bits per heavy atom. The van der Waals surface area contributed by atoms with Gasteiger partial charge in [-0.05, 0) is 50.5 Å². The number of hydrogen-bond acceptors (Lipinski definition) is 2. The van der Waals surface area contributed by atoms with Gasteiger partial charge in [0.1, 0.15) is 0 Å². The van der Waals surface area contributed by atoms with E-state index in [1.54, 1.807) is 6.07 Å². The van der Waals surface area contributed by atoms with Gasteiger partial charge in [0.25, 0.3) is 0 Å². The van der Waals surface area contributed by atoms with Crippen molar-refractivity contribution in [3.63, 3.8) is 0 Å². The molecule has 0 saturated carbocycles. The van der Waals surface area contributed by atoms with Gasteiger partial charge in [-0.1, -0.05) is 20.3 Å². The van der Waals surface area contributed by atoms with Gasteiger partial charge < -0.3 is 10.0 Å². The number of aryl methyl sites for hydroxylation is 1. The second-order valence-electron chi connectivity index (χ2n) is 5.11. The van der Waals surface area contributed by atoms with Crippen LogP contribution in [0.1, 0.15) is 56.0 Å². The third kappa shape index (κ3) is 3.98. The predicted octanol–water partition coefficient (Wildman–Crippen LogP) is 4.10. The Morgan fingerprint density at radius 3 is 2.53 bits per heavy atom. The number of carbonyl (C=O) groups is 1. The van der Waals surface area contributed by atoms with E-state index in [9.17, 15) is 4.79 Å². The molecule has 1 atom stereocenters. The Kier molecular flexibility index (Phi) is 5.87. The van der Waals surface area contributed by atoms with Gasteiger partial charge in [-0.25, -0.2) is 4.79 Å². The Labute approximate surface area is 116 Å². The lowest BCUT2D eigenvalue weighted by atomic mass is 10.1. The molecule has 1 aromatic carbocycles. The molecule has 1 N–H and O–H groups in total. The van der Waals surface area contributed by atoms with E-state index >= 15 is 0 Å². The Morgan fingerprint density at radius 1 is 1.37 bits per heavy atom. The van der Waals surface area contributed by atoms with Crippen molar-refractivity contribution in [1.29, 1.82) is 0 Å². The number of carboxylic acids is 1. The first-order chi connectivity index (χ1) is 9.01. The van der Waals surface area contributed by atoms with Gasteiger partial charge in [-0.2, -0.15) is 0 Å². The van der Waals surface area contributed by atoms with Crippen LogP contribution in [0, 0.1) is 6.92 Å². The topological polar surface area (TPSA) is 40.5 Å². The molecule has 0 aromatic heterocycles. The maximum absolute atomic E-state index is 11.1. The van der Waals surface area contributed by atoms with Crippen LogP contribution in [0.3, 0.4) is 0 Å². The minimum absolute atomic E-state index is 0.392. The number of carboxylic acid groups (broad SMARTS) is 1. The van der Waals surface area contributed by atoms with Gasteiger partial charge in [-0.15, -0.1) is 0 Å². The maximum Gasteiger partial charge on any atom is 0.335 e. The van der Waals surface area contributed by atoms with Crippen LogP contribution < -0.4 is 4.90 Å². The summed E-state index contributed by atoms with van der Waals surface area (Å²) in [5.41, 5.74) is 2.35. The minimum Gasteiger partial charge on any atom is -0.478 e. The van der Waals surface area contributed by atoms with E-state index in [1.807, 2.05) is 19.1 Å². The van der Waals surface area contributed by atoms with Crippen LogP contribution in [0.15, 0.2) is 18.2 Å². The molecule has 0 aliphatic heterocycles. The van der Waals surface area contributed by atoms with Crippen molar-refractivity contribution in [3.05, 3.63) is 29.3 Å². The summed E-state index contributed by atoms with van der Waals surface area (Å²) in [6.07, 6.45) is 3.41. The van der Waals surface area contributed by atoms with Crippen molar-refractivity contribution in [3.8, 4) is 0 Å². The summed E-state index contributed by atoms with van der Waals surface area (Å²) in [5.74, 6) is -0.854. The number of rotatable bonds is 7. The highest BCUT2D eigenvalue weighted by atomic mass is 16.4. The van der Waals surface area contributed by atoms with Crippen LogP contribution in [0.4, 0.5) is 5.69 Å². The third-order valence-electron chi connectivity index (χ3n) is 3.65. The maximum atomic E-state index is 11.1. The van der Waals surface area contributed by atoms with E-state index in [0.717, 1.165) is 30.6 Å². The quantitative estimate of drug-likeness (QED) is 0.805. The SMILES string of the molecule is CCCCN(c1ccc(C(=O)O)c(C)c1)C(C)CC. The number of benzene rings is 1. The summed E-state index contributed by atoms with van der Waals surface area (Å²) in [6, 6.07) is 6.11. The zero-order chi connectivity index (χ0) is 14.4. The van der Waals surface area contributed by atoms with Gasteiger partial charge in [0, 0.05) is 18.3 Å². The number of anilines is 1. The highest BCUT2D eigenvalue weighted by Crippen LogP contribution is 2.23. The molecule has 19 heavy (non-hydrogen) atoms. The Bertz CT molecular complexity index is 429. The Balaban J connectivity index is 3.02. The summed E-state index contributed by atoms with van der Waals surface area (Å²) in [5, 5.41) is 9.08. The summed E-state index contributed by atoms with van der Waals surface area (Å²) in [6.45, 7) is 9.48. The summed E-state index contributed by atoms with van der Waals surface area (Å²) in [4.78, 5) is 13.4. The van der Waals surface area contributed by atoms with Crippen LogP contribution in [0.2, 0.25) is 0 Å². The van der Waals surface area contributed by atoms with E-state index in [2.05, 4.69) is 25.7 Å². The van der Waals surface area contributed by atoms with Crippen molar-refractivity contribution in [2.24, 2.45) is 0 Å². The number of aromatic carboxylic acids is 1. The largest absolute Gasteiger partial charge is 0.478 e. The lowest BCUT2D eigenvalue weighted by Crippen LogP contribution is -2.33. The summed E-state index contributed by atoms with van der Waals surface area (Å²) < 4.78 is 0.